The zero-order valence-electron chi connectivity index (χ0n) is 13.2. The fourth-order valence-corrected chi connectivity index (χ4v) is 4.72. The molecule has 1 aliphatic carbocycles. The van der Waals surface area contributed by atoms with Crippen LogP contribution in [0, 0.1) is 0 Å². The van der Waals surface area contributed by atoms with Gasteiger partial charge < -0.3 is 10.0 Å². The monoisotopic (exact) mass is 309 g/mol. The molecule has 5 heteroatoms. The highest BCUT2D eigenvalue weighted by molar-refractivity contribution is 7.15. The quantitative estimate of drug-likeness (QED) is 0.928. The van der Waals surface area contributed by atoms with E-state index in [9.17, 15) is 5.11 Å². The highest BCUT2D eigenvalue weighted by Crippen LogP contribution is 2.32. The Morgan fingerprint density at radius 2 is 1.86 bits per heavy atom. The second-order valence-corrected chi connectivity index (χ2v) is 7.64. The van der Waals surface area contributed by atoms with E-state index >= 15 is 0 Å². The first-order chi connectivity index (χ1) is 10.2. The number of hydrogen-bond acceptors (Lipinski definition) is 5. The highest BCUT2D eigenvalue weighted by atomic mass is 32.1. The Balaban J connectivity index is 1.63. The van der Waals surface area contributed by atoms with Gasteiger partial charge in [0.05, 0.1) is 17.2 Å². The van der Waals surface area contributed by atoms with Crippen LogP contribution in [0.4, 0.5) is 5.13 Å². The van der Waals surface area contributed by atoms with Gasteiger partial charge in [0.25, 0.3) is 0 Å². The van der Waals surface area contributed by atoms with E-state index in [4.69, 9.17) is 4.98 Å². The number of nitrogens with zero attached hydrogens (tertiary/aromatic N) is 3. The fourth-order valence-electron chi connectivity index (χ4n) is 3.60. The summed E-state index contributed by atoms with van der Waals surface area (Å²) in [6.07, 6.45) is 5.61. The van der Waals surface area contributed by atoms with Crippen molar-refractivity contribution in [1.82, 2.24) is 9.88 Å². The minimum Gasteiger partial charge on any atom is -0.391 e. The number of hydrogen-bond donors (Lipinski definition) is 1. The van der Waals surface area contributed by atoms with Crippen molar-refractivity contribution in [3.63, 3.8) is 0 Å². The smallest absolute Gasteiger partial charge is 0.185 e. The zero-order valence-corrected chi connectivity index (χ0v) is 14.0. The van der Waals surface area contributed by atoms with Crippen molar-refractivity contribution in [3.8, 4) is 0 Å². The summed E-state index contributed by atoms with van der Waals surface area (Å²) in [5, 5.41) is 10.6. The number of aliphatic hydroxyl groups excluding tert-OH is 1. The summed E-state index contributed by atoms with van der Waals surface area (Å²) in [5.74, 6) is 0.386. The van der Waals surface area contributed by atoms with Gasteiger partial charge in [0, 0.05) is 32.2 Å². The van der Waals surface area contributed by atoms with E-state index in [-0.39, 0.29) is 6.61 Å². The molecule has 3 rings (SSSR count). The van der Waals surface area contributed by atoms with Crippen molar-refractivity contribution < 1.29 is 5.11 Å². The summed E-state index contributed by atoms with van der Waals surface area (Å²) < 4.78 is 0. The van der Waals surface area contributed by atoms with Crippen LogP contribution in [0.5, 0.6) is 0 Å². The molecule has 0 atom stereocenters. The maximum atomic E-state index is 9.51. The van der Waals surface area contributed by atoms with E-state index < -0.39 is 0 Å². The van der Waals surface area contributed by atoms with Crippen LogP contribution in [0.1, 0.15) is 56.0 Å². The molecular weight excluding hydrogens is 282 g/mol. The molecule has 0 spiro atoms. The van der Waals surface area contributed by atoms with Gasteiger partial charge in [-0.2, -0.15) is 0 Å². The van der Waals surface area contributed by atoms with Gasteiger partial charge in [-0.25, -0.2) is 4.98 Å². The summed E-state index contributed by atoms with van der Waals surface area (Å²) in [6, 6.07) is 0.836. The van der Waals surface area contributed by atoms with Gasteiger partial charge in [-0.1, -0.05) is 38.0 Å². The number of anilines is 1. The molecule has 0 bridgehead atoms. The standard InChI is InChI=1S/C16H27N3OS/c1-12(2)15-14(11-20)21-16(17-15)19-9-7-18(8-10-19)13-5-3-4-6-13/h12-13,20H,3-11H2,1-2H3. The van der Waals surface area contributed by atoms with Crippen molar-refractivity contribution in [3.05, 3.63) is 10.6 Å². The number of piperazine rings is 1. The van der Waals surface area contributed by atoms with Gasteiger partial charge in [0.15, 0.2) is 5.13 Å². The SMILES string of the molecule is CC(C)c1nc(N2CCN(C3CCCC3)CC2)sc1CO. The van der Waals surface area contributed by atoms with Crippen molar-refractivity contribution in [1.29, 1.82) is 0 Å². The predicted molar refractivity (Wildman–Crippen MR) is 88.2 cm³/mol. The van der Waals surface area contributed by atoms with Gasteiger partial charge in [0.2, 0.25) is 0 Å². The molecule has 1 N–H and O–H groups in total. The Morgan fingerprint density at radius 1 is 1.19 bits per heavy atom. The summed E-state index contributed by atoms with van der Waals surface area (Å²) in [7, 11) is 0. The third-order valence-corrected chi connectivity index (χ3v) is 5.95. The van der Waals surface area contributed by atoms with Crippen molar-refractivity contribution in [2.75, 3.05) is 31.1 Å². The van der Waals surface area contributed by atoms with Crippen LogP contribution in [0.2, 0.25) is 0 Å². The molecule has 1 aliphatic heterocycles. The zero-order chi connectivity index (χ0) is 14.8. The topological polar surface area (TPSA) is 39.6 Å². The Morgan fingerprint density at radius 3 is 2.38 bits per heavy atom. The lowest BCUT2D eigenvalue weighted by Gasteiger charge is -2.38. The first-order valence-corrected chi connectivity index (χ1v) is 9.10. The molecule has 118 valence electrons. The Hall–Kier alpha value is -0.650. The molecule has 4 nitrogen and oxygen atoms in total. The lowest BCUT2D eigenvalue weighted by molar-refractivity contribution is 0.187. The molecule has 1 saturated heterocycles. The molecule has 1 saturated carbocycles. The minimum absolute atomic E-state index is 0.118. The van der Waals surface area contributed by atoms with E-state index in [1.807, 2.05) is 0 Å². The second kappa shape index (κ2) is 6.63. The Bertz CT molecular complexity index is 460. The van der Waals surface area contributed by atoms with Gasteiger partial charge >= 0.3 is 0 Å². The molecule has 0 aromatic carbocycles. The average molecular weight is 309 g/mol. The summed E-state index contributed by atoms with van der Waals surface area (Å²) in [4.78, 5) is 10.9. The van der Waals surface area contributed by atoms with Crippen LogP contribution in [0.15, 0.2) is 0 Å². The van der Waals surface area contributed by atoms with E-state index in [0.717, 1.165) is 47.9 Å². The number of aromatic nitrogens is 1. The molecule has 0 amide bonds. The molecular formula is C16H27N3OS. The molecule has 0 unspecified atom stereocenters. The van der Waals surface area contributed by atoms with Crippen LogP contribution >= 0.6 is 11.3 Å². The molecule has 1 aromatic rings. The van der Waals surface area contributed by atoms with Crippen LogP contribution in [0.3, 0.4) is 0 Å². The predicted octanol–water partition coefficient (Wildman–Crippen LogP) is 2.82. The lowest BCUT2D eigenvalue weighted by Crippen LogP contribution is -2.49. The third kappa shape index (κ3) is 3.25. The van der Waals surface area contributed by atoms with Gasteiger partial charge in [-0.05, 0) is 18.8 Å². The van der Waals surface area contributed by atoms with Crippen molar-refractivity contribution in [2.45, 2.75) is 58.1 Å². The molecule has 0 radical (unpaired) electrons. The normalized spacial score (nSPS) is 21.6. The minimum atomic E-state index is 0.118. The maximum absolute atomic E-state index is 9.51. The highest BCUT2D eigenvalue weighted by Gasteiger charge is 2.27. The van der Waals surface area contributed by atoms with E-state index in [2.05, 4.69) is 23.6 Å². The average Bonchev–Trinajstić information content (AvgIpc) is 3.17. The number of aliphatic hydroxyl groups is 1. The van der Waals surface area contributed by atoms with E-state index in [1.54, 1.807) is 11.3 Å². The number of thiazole rings is 1. The third-order valence-electron chi connectivity index (χ3n) is 4.83. The van der Waals surface area contributed by atoms with E-state index in [0.29, 0.717) is 5.92 Å². The van der Waals surface area contributed by atoms with Crippen LogP contribution in [0.25, 0.3) is 0 Å². The molecule has 2 heterocycles. The largest absolute Gasteiger partial charge is 0.391 e. The first-order valence-electron chi connectivity index (χ1n) is 8.28. The van der Waals surface area contributed by atoms with Crippen molar-refractivity contribution in [2.24, 2.45) is 0 Å². The Labute approximate surface area is 131 Å². The van der Waals surface area contributed by atoms with Gasteiger partial charge in [0.1, 0.15) is 0 Å². The second-order valence-electron chi connectivity index (χ2n) is 6.58. The maximum Gasteiger partial charge on any atom is 0.185 e. The summed E-state index contributed by atoms with van der Waals surface area (Å²) in [6.45, 7) is 8.89. The molecule has 21 heavy (non-hydrogen) atoms. The van der Waals surface area contributed by atoms with Gasteiger partial charge in [-0.15, -0.1) is 0 Å². The fraction of sp³-hybridized carbons (Fsp3) is 0.812. The summed E-state index contributed by atoms with van der Waals surface area (Å²) >= 11 is 1.67. The van der Waals surface area contributed by atoms with Crippen LogP contribution < -0.4 is 4.90 Å². The lowest BCUT2D eigenvalue weighted by atomic mass is 10.1. The molecule has 2 aliphatic rings. The van der Waals surface area contributed by atoms with Crippen LogP contribution in [-0.4, -0.2) is 47.2 Å². The molecule has 2 fully saturated rings. The summed E-state index contributed by atoms with van der Waals surface area (Å²) in [5.41, 5.74) is 1.08. The Kier molecular flexibility index (Phi) is 4.82. The van der Waals surface area contributed by atoms with E-state index in [1.165, 1.54) is 25.7 Å². The van der Waals surface area contributed by atoms with Crippen LogP contribution in [-0.2, 0) is 6.61 Å². The molecule has 1 aromatic heterocycles. The van der Waals surface area contributed by atoms with Gasteiger partial charge in [-0.3, -0.25) is 4.90 Å². The first kappa shape index (κ1) is 15.3. The number of rotatable bonds is 4. The van der Waals surface area contributed by atoms with Crippen molar-refractivity contribution >= 4 is 16.5 Å².